The van der Waals surface area contributed by atoms with Crippen molar-refractivity contribution in [3.63, 3.8) is 0 Å². The number of nitrogens with one attached hydrogen (secondary N) is 1. The standard InChI is InChI=1S/C21H22N2O/c1-16(23-13-17-4-6-18(15-24)7-5-17)19-8-10-20(11-9-19)21-3-2-12-22-14-21/h2-12,14,16,23-24H,13,15H2,1H3/t16-/m1/s1. The molecular weight excluding hydrogens is 296 g/mol. The zero-order chi connectivity index (χ0) is 16.8. The number of hydrogen-bond donors (Lipinski definition) is 2. The molecule has 0 bridgehead atoms. The summed E-state index contributed by atoms with van der Waals surface area (Å²) in [5, 5.41) is 12.6. The van der Waals surface area contributed by atoms with Crippen LogP contribution < -0.4 is 5.32 Å². The highest BCUT2D eigenvalue weighted by Crippen LogP contribution is 2.21. The number of nitrogens with zero attached hydrogens (tertiary/aromatic N) is 1. The number of benzene rings is 2. The first-order valence-corrected chi connectivity index (χ1v) is 8.18. The Hall–Kier alpha value is -2.49. The van der Waals surface area contributed by atoms with Gasteiger partial charge in [0, 0.05) is 25.0 Å². The van der Waals surface area contributed by atoms with Gasteiger partial charge in [0.25, 0.3) is 0 Å². The second-order valence-corrected chi connectivity index (χ2v) is 5.94. The fraction of sp³-hybridized carbons (Fsp3) is 0.190. The summed E-state index contributed by atoms with van der Waals surface area (Å²) in [6.45, 7) is 3.06. The van der Waals surface area contributed by atoms with Crippen LogP contribution in [0.3, 0.4) is 0 Å². The zero-order valence-electron chi connectivity index (χ0n) is 13.8. The third-order valence-electron chi connectivity index (χ3n) is 4.22. The molecule has 1 aromatic heterocycles. The van der Waals surface area contributed by atoms with Gasteiger partial charge in [-0.25, -0.2) is 0 Å². The summed E-state index contributed by atoms with van der Waals surface area (Å²) in [5.74, 6) is 0. The van der Waals surface area contributed by atoms with Gasteiger partial charge in [-0.05, 0) is 40.8 Å². The SMILES string of the molecule is C[C@@H](NCc1ccc(CO)cc1)c1ccc(-c2cccnc2)cc1. The van der Waals surface area contributed by atoms with E-state index < -0.39 is 0 Å². The summed E-state index contributed by atoms with van der Waals surface area (Å²) < 4.78 is 0. The predicted molar refractivity (Wildman–Crippen MR) is 97.3 cm³/mol. The highest BCUT2D eigenvalue weighted by atomic mass is 16.3. The minimum Gasteiger partial charge on any atom is -0.392 e. The second kappa shape index (κ2) is 7.86. The molecule has 122 valence electrons. The first-order chi connectivity index (χ1) is 11.8. The van der Waals surface area contributed by atoms with E-state index in [1.807, 2.05) is 24.4 Å². The summed E-state index contributed by atoms with van der Waals surface area (Å²) in [5.41, 5.74) is 5.73. The summed E-state index contributed by atoms with van der Waals surface area (Å²) in [7, 11) is 0. The predicted octanol–water partition coefficient (Wildman–Crippen LogP) is 4.09. The number of aliphatic hydroxyl groups is 1. The van der Waals surface area contributed by atoms with E-state index >= 15 is 0 Å². The van der Waals surface area contributed by atoms with E-state index in [1.165, 1.54) is 16.7 Å². The highest BCUT2D eigenvalue weighted by molar-refractivity contribution is 5.62. The molecule has 0 saturated carbocycles. The Morgan fingerprint density at radius 2 is 1.62 bits per heavy atom. The van der Waals surface area contributed by atoms with Crippen molar-refractivity contribution in [2.75, 3.05) is 0 Å². The lowest BCUT2D eigenvalue weighted by Gasteiger charge is -2.15. The first-order valence-electron chi connectivity index (χ1n) is 8.18. The van der Waals surface area contributed by atoms with Gasteiger partial charge in [0.15, 0.2) is 0 Å². The van der Waals surface area contributed by atoms with Crippen molar-refractivity contribution in [1.29, 1.82) is 0 Å². The molecule has 0 spiro atoms. The molecule has 2 N–H and O–H groups in total. The van der Waals surface area contributed by atoms with Crippen LogP contribution in [0.4, 0.5) is 0 Å². The fourth-order valence-electron chi connectivity index (χ4n) is 2.65. The van der Waals surface area contributed by atoms with E-state index in [1.54, 1.807) is 6.20 Å². The summed E-state index contributed by atoms with van der Waals surface area (Å²) in [6.07, 6.45) is 3.67. The maximum Gasteiger partial charge on any atom is 0.0681 e. The molecule has 3 nitrogen and oxygen atoms in total. The quantitative estimate of drug-likeness (QED) is 0.719. The normalized spacial score (nSPS) is 12.1. The lowest BCUT2D eigenvalue weighted by atomic mass is 10.0. The van der Waals surface area contributed by atoms with Gasteiger partial charge in [-0.2, -0.15) is 0 Å². The summed E-state index contributed by atoms with van der Waals surface area (Å²) >= 11 is 0. The molecule has 0 aliphatic rings. The van der Waals surface area contributed by atoms with Crippen molar-refractivity contribution in [2.45, 2.75) is 26.1 Å². The second-order valence-electron chi connectivity index (χ2n) is 5.94. The van der Waals surface area contributed by atoms with E-state index in [2.05, 4.69) is 59.7 Å². The average Bonchev–Trinajstić information content (AvgIpc) is 2.67. The molecule has 0 unspecified atom stereocenters. The number of hydrogen-bond acceptors (Lipinski definition) is 3. The molecular formula is C21H22N2O. The molecule has 1 heterocycles. The number of aliphatic hydroxyl groups excluding tert-OH is 1. The Kier molecular flexibility index (Phi) is 5.36. The lowest BCUT2D eigenvalue weighted by Crippen LogP contribution is -2.18. The van der Waals surface area contributed by atoms with Crippen LogP contribution in [0.25, 0.3) is 11.1 Å². The van der Waals surface area contributed by atoms with Crippen molar-refractivity contribution in [3.05, 3.63) is 89.7 Å². The number of aromatic nitrogens is 1. The Morgan fingerprint density at radius 1 is 0.917 bits per heavy atom. The molecule has 0 fully saturated rings. The molecule has 0 aliphatic heterocycles. The van der Waals surface area contributed by atoms with Crippen LogP contribution in [-0.2, 0) is 13.2 Å². The molecule has 24 heavy (non-hydrogen) atoms. The van der Waals surface area contributed by atoms with Gasteiger partial charge in [-0.3, -0.25) is 4.98 Å². The van der Waals surface area contributed by atoms with Gasteiger partial charge >= 0.3 is 0 Å². The van der Waals surface area contributed by atoms with Gasteiger partial charge in [-0.15, -0.1) is 0 Å². The summed E-state index contributed by atoms with van der Waals surface area (Å²) in [6, 6.07) is 20.9. The highest BCUT2D eigenvalue weighted by Gasteiger charge is 2.06. The zero-order valence-corrected chi connectivity index (χ0v) is 13.8. The van der Waals surface area contributed by atoms with Crippen LogP contribution >= 0.6 is 0 Å². The molecule has 0 aliphatic carbocycles. The first kappa shape index (κ1) is 16.4. The van der Waals surface area contributed by atoms with E-state index in [0.717, 1.165) is 17.7 Å². The van der Waals surface area contributed by atoms with Gasteiger partial charge in [0.2, 0.25) is 0 Å². The Balaban J connectivity index is 1.61. The lowest BCUT2D eigenvalue weighted by molar-refractivity contribution is 0.282. The maximum absolute atomic E-state index is 9.08. The van der Waals surface area contributed by atoms with Gasteiger partial charge in [0.05, 0.1) is 6.61 Å². The number of rotatable bonds is 6. The van der Waals surface area contributed by atoms with Crippen LogP contribution in [0.15, 0.2) is 73.1 Å². The topological polar surface area (TPSA) is 45.1 Å². The molecule has 0 saturated heterocycles. The van der Waals surface area contributed by atoms with Crippen LogP contribution in [0.2, 0.25) is 0 Å². The van der Waals surface area contributed by atoms with Crippen LogP contribution in [0.1, 0.15) is 29.7 Å². The van der Waals surface area contributed by atoms with Crippen LogP contribution in [0, 0.1) is 0 Å². The third-order valence-corrected chi connectivity index (χ3v) is 4.22. The Morgan fingerprint density at radius 3 is 2.25 bits per heavy atom. The molecule has 0 amide bonds. The van der Waals surface area contributed by atoms with E-state index in [4.69, 9.17) is 5.11 Å². The van der Waals surface area contributed by atoms with Gasteiger partial charge in [0.1, 0.15) is 0 Å². The minimum absolute atomic E-state index is 0.0907. The van der Waals surface area contributed by atoms with E-state index in [0.29, 0.717) is 0 Å². The smallest absolute Gasteiger partial charge is 0.0681 e. The van der Waals surface area contributed by atoms with Gasteiger partial charge in [-0.1, -0.05) is 54.6 Å². The molecule has 3 heteroatoms. The van der Waals surface area contributed by atoms with Crippen molar-refractivity contribution >= 4 is 0 Å². The van der Waals surface area contributed by atoms with E-state index in [9.17, 15) is 0 Å². The minimum atomic E-state index is 0.0907. The molecule has 2 aromatic carbocycles. The Bertz CT molecular complexity index is 752. The fourth-order valence-corrected chi connectivity index (χ4v) is 2.65. The molecule has 3 aromatic rings. The maximum atomic E-state index is 9.08. The summed E-state index contributed by atoms with van der Waals surface area (Å²) in [4.78, 5) is 4.17. The van der Waals surface area contributed by atoms with Crippen LogP contribution in [0.5, 0.6) is 0 Å². The van der Waals surface area contributed by atoms with Crippen molar-refractivity contribution in [3.8, 4) is 11.1 Å². The monoisotopic (exact) mass is 318 g/mol. The number of pyridine rings is 1. The van der Waals surface area contributed by atoms with E-state index in [-0.39, 0.29) is 12.6 Å². The van der Waals surface area contributed by atoms with Crippen molar-refractivity contribution in [1.82, 2.24) is 10.3 Å². The van der Waals surface area contributed by atoms with Gasteiger partial charge < -0.3 is 10.4 Å². The van der Waals surface area contributed by atoms with Crippen LogP contribution in [-0.4, -0.2) is 10.1 Å². The molecule has 1 atom stereocenters. The largest absolute Gasteiger partial charge is 0.392 e. The third kappa shape index (κ3) is 4.07. The molecule has 0 radical (unpaired) electrons. The molecule has 3 rings (SSSR count). The van der Waals surface area contributed by atoms with Crippen molar-refractivity contribution < 1.29 is 5.11 Å². The Labute approximate surface area is 143 Å². The van der Waals surface area contributed by atoms with Crippen molar-refractivity contribution in [2.24, 2.45) is 0 Å². The average molecular weight is 318 g/mol.